The van der Waals surface area contributed by atoms with Crippen molar-refractivity contribution in [3.05, 3.63) is 59.7 Å². The van der Waals surface area contributed by atoms with Gasteiger partial charge in [-0.05, 0) is 54.9 Å². The number of hydrogen-bond acceptors (Lipinski definition) is 2. The topological polar surface area (TPSA) is 33.3 Å². The predicted molar refractivity (Wildman–Crippen MR) is 97.0 cm³/mol. The van der Waals surface area contributed by atoms with Crippen LogP contribution in [0.25, 0.3) is 0 Å². The van der Waals surface area contributed by atoms with E-state index < -0.39 is 11.7 Å². The van der Waals surface area contributed by atoms with E-state index in [0.717, 1.165) is 36.3 Å². The summed E-state index contributed by atoms with van der Waals surface area (Å²) in [7, 11) is 1.63. The van der Waals surface area contributed by atoms with Crippen LogP contribution in [0.2, 0.25) is 0 Å². The molecule has 2 rings (SSSR count). The number of rotatable bonds is 6. The molecule has 0 saturated carbocycles. The number of halogens is 3. The van der Waals surface area contributed by atoms with Crippen molar-refractivity contribution in [2.24, 2.45) is 0 Å². The van der Waals surface area contributed by atoms with Crippen molar-refractivity contribution in [3.8, 4) is 5.75 Å². The highest BCUT2D eigenvalue weighted by Gasteiger charge is 2.30. The zero-order valence-electron chi connectivity index (χ0n) is 13.7. The van der Waals surface area contributed by atoms with Crippen molar-refractivity contribution in [1.82, 2.24) is 5.32 Å². The summed E-state index contributed by atoms with van der Waals surface area (Å²) in [5, 5.41) is 6.06. The molecule has 2 N–H and O–H groups in total. The molecule has 0 heterocycles. The van der Waals surface area contributed by atoms with Crippen LogP contribution in [-0.4, -0.2) is 18.8 Å². The summed E-state index contributed by atoms with van der Waals surface area (Å²) in [5.74, 6) is 0.840. The molecule has 0 aliphatic heterocycles. The van der Waals surface area contributed by atoms with Crippen molar-refractivity contribution in [2.45, 2.75) is 19.0 Å². The lowest BCUT2D eigenvalue weighted by atomic mass is 10.1. The molecule has 0 aromatic heterocycles. The van der Waals surface area contributed by atoms with E-state index in [1.54, 1.807) is 7.11 Å². The molecule has 0 aliphatic rings. The standard InChI is InChI=1S/C18H19F3N2OS/c1-24-16-10-3-2-6-13(16)7-5-11-22-17(25)23-15-9-4-8-14(12-15)18(19,20)21/h2-4,6,8-10,12H,5,7,11H2,1H3,(H2,22,23,25). The van der Waals surface area contributed by atoms with E-state index in [1.807, 2.05) is 24.3 Å². The van der Waals surface area contributed by atoms with E-state index in [4.69, 9.17) is 17.0 Å². The summed E-state index contributed by atoms with van der Waals surface area (Å²) in [5.41, 5.74) is 0.692. The van der Waals surface area contributed by atoms with Gasteiger partial charge in [0.15, 0.2) is 5.11 Å². The first kappa shape index (κ1) is 19.1. The summed E-state index contributed by atoms with van der Waals surface area (Å²) >= 11 is 5.12. The van der Waals surface area contributed by atoms with Crippen molar-refractivity contribution in [2.75, 3.05) is 19.0 Å². The minimum absolute atomic E-state index is 0.291. The highest BCUT2D eigenvalue weighted by Crippen LogP contribution is 2.30. The van der Waals surface area contributed by atoms with Crippen LogP contribution in [0.3, 0.4) is 0 Å². The summed E-state index contributed by atoms with van der Waals surface area (Å²) in [6.07, 6.45) is -2.75. The maximum atomic E-state index is 12.7. The highest BCUT2D eigenvalue weighted by molar-refractivity contribution is 7.80. The van der Waals surface area contributed by atoms with Crippen molar-refractivity contribution >= 4 is 23.0 Å². The van der Waals surface area contributed by atoms with Gasteiger partial charge >= 0.3 is 6.18 Å². The second-order valence-electron chi connectivity index (χ2n) is 5.37. The third-order valence-electron chi connectivity index (χ3n) is 3.55. The third-order valence-corrected chi connectivity index (χ3v) is 3.80. The average Bonchev–Trinajstić information content (AvgIpc) is 2.58. The fourth-order valence-electron chi connectivity index (χ4n) is 2.34. The fourth-order valence-corrected chi connectivity index (χ4v) is 2.56. The normalized spacial score (nSPS) is 11.0. The molecule has 0 fully saturated rings. The first-order chi connectivity index (χ1) is 11.9. The second kappa shape index (κ2) is 8.71. The van der Waals surface area contributed by atoms with Crippen LogP contribution < -0.4 is 15.4 Å². The van der Waals surface area contributed by atoms with Gasteiger partial charge < -0.3 is 15.4 Å². The fraction of sp³-hybridized carbons (Fsp3) is 0.278. The van der Waals surface area contributed by atoms with Gasteiger partial charge in [0.25, 0.3) is 0 Å². The first-order valence-electron chi connectivity index (χ1n) is 7.74. The van der Waals surface area contributed by atoms with Crippen LogP contribution >= 0.6 is 12.2 Å². The lowest BCUT2D eigenvalue weighted by molar-refractivity contribution is -0.137. The number of alkyl halides is 3. The maximum absolute atomic E-state index is 12.7. The monoisotopic (exact) mass is 368 g/mol. The molecule has 0 atom stereocenters. The Morgan fingerprint density at radius 1 is 1.12 bits per heavy atom. The lowest BCUT2D eigenvalue weighted by Gasteiger charge is -2.13. The molecule has 0 aliphatic carbocycles. The number of anilines is 1. The molecular weight excluding hydrogens is 349 g/mol. The minimum atomic E-state index is -4.37. The molecule has 0 amide bonds. The van der Waals surface area contributed by atoms with Gasteiger partial charge in [-0.2, -0.15) is 13.2 Å². The van der Waals surface area contributed by atoms with Crippen LogP contribution in [-0.2, 0) is 12.6 Å². The quantitative estimate of drug-likeness (QED) is 0.575. The van der Waals surface area contributed by atoms with Gasteiger partial charge in [0.1, 0.15) is 5.75 Å². The Bertz CT molecular complexity index is 719. The summed E-state index contributed by atoms with van der Waals surface area (Å²) in [6, 6.07) is 12.7. The van der Waals surface area contributed by atoms with E-state index >= 15 is 0 Å². The van der Waals surface area contributed by atoms with Gasteiger partial charge in [0, 0.05) is 12.2 Å². The SMILES string of the molecule is COc1ccccc1CCCNC(=S)Nc1cccc(C(F)(F)F)c1. The Balaban J connectivity index is 1.79. The third kappa shape index (κ3) is 5.94. The molecule has 2 aromatic carbocycles. The molecule has 3 nitrogen and oxygen atoms in total. The number of aryl methyl sites for hydroxylation is 1. The zero-order valence-corrected chi connectivity index (χ0v) is 14.5. The van der Waals surface area contributed by atoms with Crippen molar-refractivity contribution in [3.63, 3.8) is 0 Å². The van der Waals surface area contributed by atoms with E-state index in [2.05, 4.69) is 10.6 Å². The molecule has 2 aromatic rings. The Morgan fingerprint density at radius 3 is 2.60 bits per heavy atom. The Labute approximate surface area is 150 Å². The molecule has 0 spiro atoms. The number of nitrogens with one attached hydrogen (secondary N) is 2. The number of thiocarbonyl (C=S) groups is 1. The van der Waals surface area contributed by atoms with Gasteiger partial charge in [-0.25, -0.2) is 0 Å². The van der Waals surface area contributed by atoms with Gasteiger partial charge in [0.2, 0.25) is 0 Å². The van der Waals surface area contributed by atoms with Crippen molar-refractivity contribution in [1.29, 1.82) is 0 Å². The number of ether oxygens (including phenoxy) is 1. The van der Waals surface area contributed by atoms with Crippen LogP contribution in [0.4, 0.5) is 18.9 Å². The Hall–Kier alpha value is -2.28. The smallest absolute Gasteiger partial charge is 0.416 e. The van der Waals surface area contributed by atoms with Crippen molar-refractivity contribution < 1.29 is 17.9 Å². The average molecular weight is 368 g/mol. The Kier molecular flexibility index (Phi) is 6.64. The van der Waals surface area contributed by atoms with Crippen LogP contribution in [0.15, 0.2) is 48.5 Å². The molecule has 0 unspecified atom stereocenters. The first-order valence-corrected chi connectivity index (χ1v) is 8.15. The number of para-hydroxylation sites is 1. The lowest BCUT2D eigenvalue weighted by Crippen LogP contribution is -2.29. The molecular formula is C18H19F3N2OS. The van der Waals surface area contributed by atoms with E-state index in [-0.39, 0.29) is 0 Å². The van der Waals surface area contributed by atoms with Crippen LogP contribution in [0, 0.1) is 0 Å². The van der Waals surface area contributed by atoms with Gasteiger partial charge in [-0.3, -0.25) is 0 Å². The number of hydrogen-bond donors (Lipinski definition) is 2. The van der Waals surface area contributed by atoms with E-state index in [0.29, 0.717) is 17.3 Å². The van der Waals surface area contributed by atoms with Crippen LogP contribution in [0.1, 0.15) is 17.5 Å². The largest absolute Gasteiger partial charge is 0.496 e. The van der Waals surface area contributed by atoms with E-state index in [9.17, 15) is 13.2 Å². The molecule has 7 heteroatoms. The maximum Gasteiger partial charge on any atom is 0.416 e. The molecule has 0 saturated heterocycles. The van der Waals surface area contributed by atoms with Crippen LogP contribution in [0.5, 0.6) is 5.75 Å². The second-order valence-corrected chi connectivity index (χ2v) is 5.78. The molecule has 25 heavy (non-hydrogen) atoms. The zero-order chi connectivity index (χ0) is 18.3. The molecule has 0 radical (unpaired) electrons. The summed E-state index contributed by atoms with van der Waals surface area (Å²) in [6.45, 7) is 0.600. The number of methoxy groups -OCH3 is 1. The summed E-state index contributed by atoms with van der Waals surface area (Å²) < 4.78 is 43.4. The summed E-state index contributed by atoms with van der Waals surface area (Å²) in [4.78, 5) is 0. The van der Waals surface area contributed by atoms with E-state index in [1.165, 1.54) is 12.1 Å². The van der Waals surface area contributed by atoms with Gasteiger partial charge in [-0.15, -0.1) is 0 Å². The van der Waals surface area contributed by atoms with Gasteiger partial charge in [-0.1, -0.05) is 24.3 Å². The number of benzene rings is 2. The minimum Gasteiger partial charge on any atom is -0.496 e. The molecule has 134 valence electrons. The van der Waals surface area contributed by atoms with Gasteiger partial charge in [0.05, 0.1) is 12.7 Å². The molecule has 0 bridgehead atoms. The predicted octanol–water partition coefficient (Wildman–Crippen LogP) is 4.63. The highest BCUT2D eigenvalue weighted by atomic mass is 32.1. The Morgan fingerprint density at radius 2 is 1.88 bits per heavy atom.